The van der Waals surface area contributed by atoms with Crippen LogP contribution in [0.1, 0.15) is 23.2 Å². The van der Waals surface area contributed by atoms with E-state index in [2.05, 4.69) is 10.1 Å². The fourth-order valence-electron chi connectivity index (χ4n) is 2.47. The lowest BCUT2D eigenvalue weighted by molar-refractivity contribution is 0.0734. The predicted molar refractivity (Wildman–Crippen MR) is 97.6 cm³/mol. The Labute approximate surface area is 155 Å². The van der Waals surface area contributed by atoms with Gasteiger partial charge < -0.3 is 18.9 Å². The number of hydrogen-bond acceptors (Lipinski definition) is 7. The molecule has 1 amide bonds. The lowest BCUT2D eigenvalue weighted by Crippen LogP contribution is -2.30. The van der Waals surface area contributed by atoms with E-state index < -0.39 is 0 Å². The van der Waals surface area contributed by atoms with Crippen molar-refractivity contribution in [3.63, 3.8) is 0 Å². The lowest BCUT2D eigenvalue weighted by atomic mass is 10.1. The number of thiophene rings is 1. The molecule has 7 nitrogen and oxygen atoms in total. The van der Waals surface area contributed by atoms with Crippen molar-refractivity contribution in [3.8, 4) is 22.2 Å². The van der Waals surface area contributed by atoms with E-state index in [4.69, 9.17) is 14.0 Å². The molecule has 136 valence electrons. The van der Waals surface area contributed by atoms with Crippen molar-refractivity contribution in [1.82, 2.24) is 15.0 Å². The smallest absolute Gasteiger partial charge is 0.254 e. The van der Waals surface area contributed by atoms with Gasteiger partial charge in [0.2, 0.25) is 11.7 Å². The average molecular weight is 373 g/mol. The fourth-order valence-corrected chi connectivity index (χ4v) is 3.12. The van der Waals surface area contributed by atoms with Gasteiger partial charge >= 0.3 is 0 Å². The highest BCUT2D eigenvalue weighted by atomic mass is 32.1. The van der Waals surface area contributed by atoms with Gasteiger partial charge in [0.05, 0.1) is 19.1 Å². The second-order valence-electron chi connectivity index (χ2n) is 5.38. The van der Waals surface area contributed by atoms with Crippen LogP contribution in [-0.2, 0) is 6.54 Å². The Morgan fingerprint density at radius 1 is 1.23 bits per heavy atom. The van der Waals surface area contributed by atoms with Crippen LogP contribution < -0.4 is 9.47 Å². The lowest BCUT2D eigenvalue weighted by Gasteiger charge is -2.19. The van der Waals surface area contributed by atoms with E-state index in [1.165, 1.54) is 18.4 Å². The number of carbonyl (C=O) groups excluding carboxylic acids is 1. The third-order valence-electron chi connectivity index (χ3n) is 3.84. The summed E-state index contributed by atoms with van der Waals surface area (Å²) in [6, 6.07) is 8.92. The fraction of sp³-hybridized carbons (Fsp3) is 0.278. The summed E-state index contributed by atoms with van der Waals surface area (Å²) >= 11 is 1.53. The van der Waals surface area contributed by atoms with Crippen LogP contribution in [0.15, 0.2) is 40.2 Å². The monoisotopic (exact) mass is 373 g/mol. The normalized spacial score (nSPS) is 10.6. The number of methoxy groups -OCH3 is 2. The van der Waals surface area contributed by atoms with Crippen LogP contribution in [-0.4, -0.2) is 41.7 Å². The zero-order valence-corrected chi connectivity index (χ0v) is 15.6. The number of nitrogens with zero attached hydrogens (tertiary/aromatic N) is 3. The molecule has 3 rings (SSSR count). The highest BCUT2D eigenvalue weighted by Gasteiger charge is 2.20. The number of carbonyl (C=O) groups is 1. The van der Waals surface area contributed by atoms with Gasteiger partial charge in [0.15, 0.2) is 11.5 Å². The van der Waals surface area contributed by atoms with Gasteiger partial charge in [0.25, 0.3) is 5.91 Å². The van der Waals surface area contributed by atoms with E-state index in [1.54, 1.807) is 30.2 Å². The first-order valence-corrected chi connectivity index (χ1v) is 8.92. The first kappa shape index (κ1) is 17.9. The molecule has 2 heterocycles. The van der Waals surface area contributed by atoms with Crippen molar-refractivity contribution in [2.24, 2.45) is 0 Å². The maximum Gasteiger partial charge on any atom is 0.254 e. The van der Waals surface area contributed by atoms with Crippen LogP contribution in [0.25, 0.3) is 10.7 Å². The molecule has 0 aliphatic carbocycles. The highest BCUT2D eigenvalue weighted by molar-refractivity contribution is 7.13. The Hall–Kier alpha value is -2.87. The van der Waals surface area contributed by atoms with Crippen molar-refractivity contribution in [2.75, 3.05) is 20.8 Å². The molecule has 8 heteroatoms. The molecule has 0 aliphatic rings. The van der Waals surface area contributed by atoms with Crippen LogP contribution in [0.3, 0.4) is 0 Å². The van der Waals surface area contributed by atoms with Crippen molar-refractivity contribution >= 4 is 17.2 Å². The maximum atomic E-state index is 12.8. The van der Waals surface area contributed by atoms with Gasteiger partial charge in [0, 0.05) is 12.1 Å². The summed E-state index contributed by atoms with van der Waals surface area (Å²) in [5.41, 5.74) is 0.502. The van der Waals surface area contributed by atoms with Crippen LogP contribution >= 0.6 is 11.3 Å². The van der Waals surface area contributed by atoms with Gasteiger partial charge in [-0.3, -0.25) is 4.79 Å². The minimum atomic E-state index is -0.149. The van der Waals surface area contributed by atoms with Gasteiger partial charge in [-0.2, -0.15) is 4.98 Å². The second kappa shape index (κ2) is 8.01. The minimum absolute atomic E-state index is 0.149. The molecule has 1 aromatic carbocycles. The van der Waals surface area contributed by atoms with Crippen molar-refractivity contribution in [3.05, 3.63) is 47.2 Å². The summed E-state index contributed by atoms with van der Waals surface area (Å²) < 4.78 is 15.8. The number of amides is 1. The minimum Gasteiger partial charge on any atom is -0.493 e. The molecule has 3 aromatic rings. The first-order chi connectivity index (χ1) is 12.7. The topological polar surface area (TPSA) is 77.7 Å². The van der Waals surface area contributed by atoms with Crippen LogP contribution in [0.4, 0.5) is 0 Å². The summed E-state index contributed by atoms with van der Waals surface area (Å²) in [6.45, 7) is 2.64. The van der Waals surface area contributed by atoms with Gasteiger partial charge in [-0.1, -0.05) is 11.2 Å². The Kier molecular flexibility index (Phi) is 5.52. The molecule has 0 unspecified atom stereocenters. The Balaban J connectivity index is 1.77. The molecule has 0 saturated heterocycles. The predicted octanol–water partition coefficient (Wildman–Crippen LogP) is 3.48. The zero-order valence-electron chi connectivity index (χ0n) is 14.8. The van der Waals surface area contributed by atoms with Gasteiger partial charge in [-0.05, 0) is 36.6 Å². The average Bonchev–Trinajstić information content (AvgIpc) is 3.36. The summed E-state index contributed by atoms with van der Waals surface area (Å²) in [4.78, 5) is 19.8. The number of rotatable bonds is 7. The SMILES string of the molecule is CCN(Cc1nc(-c2cccs2)no1)C(=O)c1ccc(OC)c(OC)c1. The van der Waals surface area contributed by atoms with Crippen LogP contribution in [0.2, 0.25) is 0 Å². The van der Waals surface area contributed by atoms with Crippen LogP contribution in [0.5, 0.6) is 11.5 Å². The van der Waals surface area contributed by atoms with E-state index in [0.717, 1.165) is 4.88 Å². The summed E-state index contributed by atoms with van der Waals surface area (Å²) in [7, 11) is 3.09. The van der Waals surface area contributed by atoms with Crippen molar-refractivity contribution < 1.29 is 18.8 Å². The Bertz CT molecular complexity index is 876. The molecule has 2 aromatic heterocycles. The molecule has 0 aliphatic heterocycles. The first-order valence-electron chi connectivity index (χ1n) is 8.04. The van der Waals surface area contributed by atoms with Gasteiger partial charge in [-0.15, -0.1) is 11.3 Å². The number of aromatic nitrogens is 2. The summed E-state index contributed by atoms with van der Waals surface area (Å²) in [5, 5.41) is 5.93. The molecule has 0 spiro atoms. The van der Waals surface area contributed by atoms with Crippen molar-refractivity contribution in [2.45, 2.75) is 13.5 Å². The number of benzene rings is 1. The van der Waals surface area contributed by atoms with E-state index in [-0.39, 0.29) is 12.5 Å². The van der Waals surface area contributed by atoms with Crippen molar-refractivity contribution in [1.29, 1.82) is 0 Å². The largest absolute Gasteiger partial charge is 0.493 e. The third-order valence-corrected chi connectivity index (χ3v) is 4.70. The van der Waals surface area contributed by atoms with E-state index in [1.807, 2.05) is 24.4 Å². The molecule has 0 fully saturated rings. The Morgan fingerprint density at radius 2 is 2.04 bits per heavy atom. The second-order valence-corrected chi connectivity index (χ2v) is 6.33. The molecular weight excluding hydrogens is 354 g/mol. The molecule has 0 saturated carbocycles. The van der Waals surface area contributed by atoms with Gasteiger partial charge in [-0.25, -0.2) is 0 Å². The number of ether oxygens (including phenoxy) is 2. The molecule has 26 heavy (non-hydrogen) atoms. The zero-order chi connectivity index (χ0) is 18.5. The number of hydrogen-bond donors (Lipinski definition) is 0. The molecule has 0 bridgehead atoms. The molecule has 0 atom stereocenters. The molecule has 0 radical (unpaired) electrons. The quantitative estimate of drug-likeness (QED) is 0.631. The van der Waals surface area contributed by atoms with E-state index >= 15 is 0 Å². The van der Waals surface area contributed by atoms with E-state index in [9.17, 15) is 4.79 Å². The van der Waals surface area contributed by atoms with E-state index in [0.29, 0.717) is 35.3 Å². The highest BCUT2D eigenvalue weighted by Crippen LogP contribution is 2.28. The van der Waals surface area contributed by atoms with Crippen LogP contribution in [0, 0.1) is 0 Å². The third kappa shape index (κ3) is 3.70. The summed E-state index contributed by atoms with van der Waals surface area (Å²) in [6.07, 6.45) is 0. The molecule has 0 N–H and O–H groups in total. The van der Waals surface area contributed by atoms with Gasteiger partial charge in [0.1, 0.15) is 6.54 Å². The maximum absolute atomic E-state index is 12.8. The standard InChI is InChI=1S/C18H19N3O4S/c1-4-21(11-16-19-17(20-25-16)15-6-5-9-26-15)18(22)12-7-8-13(23-2)14(10-12)24-3/h5-10H,4,11H2,1-3H3. The summed E-state index contributed by atoms with van der Waals surface area (Å²) in [5.74, 6) is 1.86. The molecular formula is C18H19N3O4S. The Morgan fingerprint density at radius 3 is 2.69 bits per heavy atom.